The minimum atomic E-state index is -0.423. The second kappa shape index (κ2) is 11.8. The number of piperazine rings is 1. The van der Waals surface area contributed by atoms with Crippen molar-refractivity contribution >= 4 is 35.0 Å². The molecule has 2 aliphatic rings. The molecule has 8 nitrogen and oxygen atoms in total. The van der Waals surface area contributed by atoms with Crippen molar-refractivity contribution in [2.24, 2.45) is 0 Å². The smallest absolute Gasteiger partial charge is 0.327 e. The van der Waals surface area contributed by atoms with E-state index in [0.29, 0.717) is 16.1 Å². The Morgan fingerprint density at radius 3 is 2.51 bits per heavy atom. The molecule has 0 aliphatic carbocycles. The number of nitrogens with one attached hydrogen (secondary N) is 1. The van der Waals surface area contributed by atoms with Gasteiger partial charge in [0.2, 0.25) is 0 Å². The predicted molar refractivity (Wildman–Crippen MR) is 155 cm³/mol. The van der Waals surface area contributed by atoms with E-state index in [-0.39, 0.29) is 11.5 Å². The Morgan fingerprint density at radius 1 is 1.15 bits per heavy atom. The van der Waals surface area contributed by atoms with Crippen molar-refractivity contribution in [1.82, 2.24) is 24.8 Å². The maximum absolute atomic E-state index is 12.8. The van der Waals surface area contributed by atoms with Crippen molar-refractivity contribution in [3.8, 4) is 11.4 Å². The molecule has 208 valence electrons. The Morgan fingerprint density at radius 2 is 1.90 bits per heavy atom. The number of H-pyrrole nitrogens is 1. The third-order valence-corrected chi connectivity index (χ3v) is 8.92. The van der Waals surface area contributed by atoms with E-state index >= 15 is 0 Å². The Labute approximate surface area is 240 Å². The van der Waals surface area contributed by atoms with Crippen LogP contribution in [0.1, 0.15) is 44.7 Å². The van der Waals surface area contributed by atoms with Gasteiger partial charge in [-0.1, -0.05) is 42.3 Å². The number of esters is 1. The van der Waals surface area contributed by atoms with Gasteiger partial charge in [0.05, 0.1) is 12.1 Å². The van der Waals surface area contributed by atoms with Gasteiger partial charge in [0.1, 0.15) is 17.7 Å². The lowest BCUT2D eigenvalue weighted by Gasteiger charge is -2.54. The Kier molecular flexibility index (Phi) is 8.47. The number of ether oxygens (including phenoxy) is 1. The van der Waals surface area contributed by atoms with Crippen LogP contribution in [0.3, 0.4) is 0 Å². The molecule has 1 aromatic carbocycles. The van der Waals surface area contributed by atoms with Crippen LogP contribution in [0.2, 0.25) is 10.0 Å². The Hall–Kier alpha value is -2.65. The van der Waals surface area contributed by atoms with Gasteiger partial charge < -0.3 is 14.6 Å². The lowest BCUT2D eigenvalue weighted by molar-refractivity contribution is -0.148. The minimum Gasteiger partial charge on any atom is -0.468 e. The number of benzene rings is 1. The number of likely N-dealkylation sites (tertiary alicyclic amines) is 1. The maximum Gasteiger partial charge on any atom is 0.327 e. The number of hydrogen-bond acceptors (Lipinski definition) is 7. The first kappa shape index (κ1) is 27.9. The molecule has 3 aromatic rings. The second-order valence-electron chi connectivity index (χ2n) is 10.7. The number of carbonyl (C=O) groups is 1. The first-order valence-corrected chi connectivity index (χ1v) is 14.3. The first-order valence-electron chi connectivity index (χ1n) is 13.6. The van der Waals surface area contributed by atoms with Crippen LogP contribution in [0.4, 0.5) is 5.82 Å². The Bertz CT molecular complexity index is 1260. The molecule has 4 heterocycles. The summed E-state index contributed by atoms with van der Waals surface area (Å²) in [6.07, 6.45) is 8.33. The molecule has 2 aliphatic heterocycles. The fourth-order valence-electron chi connectivity index (χ4n) is 6.13. The zero-order valence-electron chi connectivity index (χ0n) is 22.7. The van der Waals surface area contributed by atoms with Gasteiger partial charge in [-0.25, -0.2) is 14.8 Å². The number of anilines is 1. The van der Waals surface area contributed by atoms with Crippen LogP contribution in [-0.4, -0.2) is 82.1 Å². The largest absolute Gasteiger partial charge is 0.468 e. The van der Waals surface area contributed by atoms with Gasteiger partial charge >= 0.3 is 5.97 Å². The lowest BCUT2D eigenvalue weighted by Crippen LogP contribution is -2.64. The van der Waals surface area contributed by atoms with E-state index in [1.807, 2.05) is 36.5 Å². The summed E-state index contributed by atoms with van der Waals surface area (Å²) in [4.78, 5) is 32.2. The maximum atomic E-state index is 12.8. The summed E-state index contributed by atoms with van der Waals surface area (Å²) < 4.78 is 5.19. The van der Waals surface area contributed by atoms with E-state index < -0.39 is 6.04 Å². The van der Waals surface area contributed by atoms with Gasteiger partial charge in [-0.3, -0.25) is 9.80 Å². The van der Waals surface area contributed by atoms with E-state index in [1.54, 1.807) is 12.4 Å². The monoisotopic (exact) mass is 570 g/mol. The van der Waals surface area contributed by atoms with Gasteiger partial charge in [0.15, 0.2) is 0 Å². The first-order chi connectivity index (χ1) is 18.8. The van der Waals surface area contributed by atoms with Crippen LogP contribution in [0, 0.1) is 0 Å². The molecule has 2 saturated heterocycles. The SMILES string of the molecule is CC[C@H]1CN(c2ncc(-c3ncc[nH]3)cc2Cl)CCN1C1(C)CCN(C(C(=O)OC)c2ccc(Cl)cc2)CC1. The summed E-state index contributed by atoms with van der Waals surface area (Å²) in [5, 5.41) is 1.30. The highest BCUT2D eigenvalue weighted by Crippen LogP contribution is 2.37. The molecule has 10 heteroatoms. The third kappa shape index (κ3) is 5.80. The quantitative estimate of drug-likeness (QED) is 0.378. The van der Waals surface area contributed by atoms with Crippen molar-refractivity contribution in [2.75, 3.05) is 44.7 Å². The minimum absolute atomic E-state index is 0.0459. The predicted octanol–water partition coefficient (Wildman–Crippen LogP) is 5.45. The molecule has 0 radical (unpaired) electrons. The van der Waals surface area contributed by atoms with Gasteiger partial charge in [0.25, 0.3) is 0 Å². The van der Waals surface area contributed by atoms with Crippen LogP contribution < -0.4 is 4.90 Å². The summed E-state index contributed by atoms with van der Waals surface area (Å²) in [6, 6.07) is 9.40. The van der Waals surface area contributed by atoms with E-state index in [2.05, 4.69) is 38.5 Å². The highest BCUT2D eigenvalue weighted by Gasteiger charge is 2.43. The van der Waals surface area contributed by atoms with Crippen molar-refractivity contribution in [1.29, 1.82) is 0 Å². The zero-order valence-corrected chi connectivity index (χ0v) is 24.3. The molecule has 0 saturated carbocycles. The number of aromatic amines is 1. The third-order valence-electron chi connectivity index (χ3n) is 8.39. The molecule has 0 bridgehead atoms. The number of aromatic nitrogens is 3. The molecule has 2 atom stereocenters. The summed E-state index contributed by atoms with van der Waals surface area (Å²) >= 11 is 12.8. The Balaban J connectivity index is 1.26. The summed E-state index contributed by atoms with van der Waals surface area (Å²) in [5.74, 6) is 1.36. The van der Waals surface area contributed by atoms with E-state index in [9.17, 15) is 4.79 Å². The van der Waals surface area contributed by atoms with Crippen LogP contribution in [0.15, 0.2) is 48.9 Å². The van der Waals surface area contributed by atoms with Crippen LogP contribution in [0.25, 0.3) is 11.4 Å². The molecule has 1 N–H and O–H groups in total. The fourth-order valence-corrected chi connectivity index (χ4v) is 6.54. The number of hydrogen-bond donors (Lipinski definition) is 1. The number of methoxy groups -OCH3 is 1. The van der Waals surface area contributed by atoms with E-state index in [4.69, 9.17) is 32.9 Å². The molecule has 0 amide bonds. The van der Waals surface area contributed by atoms with Gasteiger partial charge in [-0.15, -0.1) is 0 Å². The summed E-state index contributed by atoms with van der Waals surface area (Å²) in [7, 11) is 1.45. The molecule has 39 heavy (non-hydrogen) atoms. The zero-order chi connectivity index (χ0) is 27.6. The molecule has 5 rings (SSSR count). The number of nitrogens with zero attached hydrogens (tertiary/aromatic N) is 5. The van der Waals surface area contributed by atoms with E-state index in [1.165, 1.54) is 7.11 Å². The number of piperidine rings is 1. The van der Waals surface area contributed by atoms with Crippen LogP contribution in [0.5, 0.6) is 0 Å². The number of halogens is 2. The molecule has 0 spiro atoms. The molecule has 2 aromatic heterocycles. The van der Waals surface area contributed by atoms with Gasteiger partial charge in [0, 0.05) is 73.5 Å². The normalized spacial score (nSPS) is 21.1. The molecular weight excluding hydrogens is 535 g/mol. The van der Waals surface area contributed by atoms with Crippen molar-refractivity contribution < 1.29 is 9.53 Å². The van der Waals surface area contributed by atoms with Crippen molar-refractivity contribution in [3.63, 3.8) is 0 Å². The van der Waals surface area contributed by atoms with Crippen LogP contribution in [-0.2, 0) is 9.53 Å². The van der Waals surface area contributed by atoms with Crippen molar-refractivity contribution in [3.05, 3.63) is 64.5 Å². The molecule has 1 unspecified atom stereocenters. The lowest BCUT2D eigenvalue weighted by atomic mass is 9.84. The van der Waals surface area contributed by atoms with Gasteiger partial charge in [-0.05, 0) is 49.9 Å². The standard InChI is InChI=1S/C29H36Cl2N6O2/c1-4-23-19-36(27-24(31)17-21(18-34-27)26-32-11-12-33-26)15-16-37(23)29(2)9-13-35(14-10-29)25(28(38)39-3)20-5-7-22(30)8-6-20/h5-8,11-12,17-18,23,25H,4,9-10,13-16,19H2,1-3H3,(H,32,33)/t23-,25?/m0/s1. The second-order valence-corrected chi connectivity index (χ2v) is 11.5. The fraction of sp³-hybridized carbons (Fsp3) is 0.483. The number of rotatable bonds is 7. The highest BCUT2D eigenvalue weighted by atomic mass is 35.5. The summed E-state index contributed by atoms with van der Waals surface area (Å²) in [5.41, 5.74) is 1.84. The molecule has 2 fully saturated rings. The average Bonchev–Trinajstić information content (AvgIpc) is 3.50. The van der Waals surface area contributed by atoms with Crippen LogP contribution >= 0.6 is 23.2 Å². The molecular formula is C29H36Cl2N6O2. The van der Waals surface area contributed by atoms with Crippen molar-refractivity contribution in [2.45, 2.75) is 50.7 Å². The highest BCUT2D eigenvalue weighted by molar-refractivity contribution is 6.33. The topological polar surface area (TPSA) is 77.6 Å². The number of pyridine rings is 1. The average molecular weight is 572 g/mol. The van der Waals surface area contributed by atoms with E-state index in [0.717, 1.165) is 74.8 Å². The number of imidazole rings is 1. The summed E-state index contributed by atoms with van der Waals surface area (Å²) in [6.45, 7) is 8.93. The van der Waals surface area contributed by atoms with Gasteiger partial charge in [-0.2, -0.15) is 0 Å². The number of carbonyl (C=O) groups excluding carboxylic acids is 1.